The standard InChI is InChI=1S/C16H25NO4/c1-6-8-17(9-7-2)16(18)12-10-14(20-4)15(21-5)11-13(12)19-3/h10-11H,6-9H2,1-5H3. The van der Waals surface area contributed by atoms with Crippen molar-refractivity contribution in [1.82, 2.24) is 4.90 Å². The van der Waals surface area contributed by atoms with Crippen molar-refractivity contribution in [1.29, 1.82) is 0 Å². The highest BCUT2D eigenvalue weighted by Crippen LogP contribution is 2.35. The summed E-state index contributed by atoms with van der Waals surface area (Å²) in [6.45, 7) is 5.57. The maximum atomic E-state index is 12.7. The average molecular weight is 295 g/mol. The van der Waals surface area contributed by atoms with Gasteiger partial charge in [-0.1, -0.05) is 13.8 Å². The van der Waals surface area contributed by atoms with Crippen LogP contribution in [0.25, 0.3) is 0 Å². The third kappa shape index (κ3) is 4.03. The molecule has 0 heterocycles. The van der Waals surface area contributed by atoms with Gasteiger partial charge in [0.05, 0.1) is 26.9 Å². The minimum Gasteiger partial charge on any atom is -0.496 e. The first-order chi connectivity index (χ1) is 10.1. The van der Waals surface area contributed by atoms with Gasteiger partial charge in [0.15, 0.2) is 11.5 Å². The summed E-state index contributed by atoms with van der Waals surface area (Å²) in [6.07, 6.45) is 1.84. The Labute approximate surface area is 126 Å². The highest BCUT2D eigenvalue weighted by molar-refractivity contribution is 5.97. The van der Waals surface area contributed by atoms with E-state index < -0.39 is 0 Å². The number of methoxy groups -OCH3 is 3. The fourth-order valence-electron chi connectivity index (χ4n) is 2.22. The Morgan fingerprint density at radius 1 is 0.905 bits per heavy atom. The van der Waals surface area contributed by atoms with Crippen molar-refractivity contribution in [2.75, 3.05) is 34.4 Å². The molecule has 5 nitrogen and oxygen atoms in total. The molecule has 0 aromatic heterocycles. The second-order valence-corrected chi connectivity index (χ2v) is 4.70. The summed E-state index contributed by atoms with van der Waals surface area (Å²) in [5.41, 5.74) is 0.497. The van der Waals surface area contributed by atoms with Gasteiger partial charge in [0.1, 0.15) is 5.75 Å². The van der Waals surface area contributed by atoms with Crippen LogP contribution in [0.5, 0.6) is 17.2 Å². The number of hydrogen-bond donors (Lipinski definition) is 0. The monoisotopic (exact) mass is 295 g/mol. The number of amides is 1. The number of carbonyl (C=O) groups is 1. The number of benzene rings is 1. The van der Waals surface area contributed by atoms with Gasteiger partial charge in [0.25, 0.3) is 5.91 Å². The molecule has 21 heavy (non-hydrogen) atoms. The molecule has 0 unspecified atom stereocenters. The molecule has 1 aromatic rings. The highest BCUT2D eigenvalue weighted by Gasteiger charge is 2.21. The van der Waals surface area contributed by atoms with Gasteiger partial charge in [-0.05, 0) is 12.8 Å². The smallest absolute Gasteiger partial charge is 0.257 e. The van der Waals surface area contributed by atoms with Gasteiger partial charge < -0.3 is 19.1 Å². The molecule has 0 saturated carbocycles. The molecule has 1 rings (SSSR count). The maximum absolute atomic E-state index is 12.7. The Morgan fingerprint density at radius 2 is 1.38 bits per heavy atom. The summed E-state index contributed by atoms with van der Waals surface area (Å²) in [5.74, 6) is 1.52. The zero-order valence-corrected chi connectivity index (χ0v) is 13.6. The molecule has 0 saturated heterocycles. The Hall–Kier alpha value is -1.91. The first-order valence-corrected chi connectivity index (χ1v) is 7.22. The fourth-order valence-corrected chi connectivity index (χ4v) is 2.22. The summed E-state index contributed by atoms with van der Waals surface area (Å²) in [6, 6.07) is 3.36. The molecule has 0 atom stereocenters. The van der Waals surface area contributed by atoms with Gasteiger partial charge >= 0.3 is 0 Å². The van der Waals surface area contributed by atoms with Crippen LogP contribution in [-0.2, 0) is 0 Å². The zero-order valence-electron chi connectivity index (χ0n) is 13.6. The molecule has 1 amide bonds. The minimum absolute atomic E-state index is 0.0449. The van der Waals surface area contributed by atoms with E-state index in [4.69, 9.17) is 14.2 Å². The average Bonchev–Trinajstić information content (AvgIpc) is 2.52. The molecule has 0 aliphatic carbocycles. The lowest BCUT2D eigenvalue weighted by molar-refractivity contribution is 0.0751. The molecular formula is C16H25NO4. The van der Waals surface area contributed by atoms with Gasteiger partial charge in [0, 0.05) is 25.2 Å². The molecule has 5 heteroatoms. The lowest BCUT2D eigenvalue weighted by Crippen LogP contribution is -2.32. The predicted octanol–water partition coefficient (Wildman–Crippen LogP) is 2.97. The Kier molecular flexibility index (Phi) is 6.85. The van der Waals surface area contributed by atoms with Gasteiger partial charge in [-0.3, -0.25) is 4.79 Å². The predicted molar refractivity (Wildman–Crippen MR) is 82.6 cm³/mol. The van der Waals surface area contributed by atoms with E-state index >= 15 is 0 Å². The molecule has 1 aromatic carbocycles. The van der Waals surface area contributed by atoms with Crippen LogP contribution < -0.4 is 14.2 Å². The van der Waals surface area contributed by atoms with E-state index in [0.717, 1.165) is 25.9 Å². The molecular weight excluding hydrogens is 270 g/mol. The van der Waals surface area contributed by atoms with Crippen LogP contribution in [0.2, 0.25) is 0 Å². The number of carbonyl (C=O) groups excluding carboxylic acids is 1. The molecule has 0 spiro atoms. The first-order valence-electron chi connectivity index (χ1n) is 7.22. The highest BCUT2D eigenvalue weighted by atomic mass is 16.5. The van der Waals surface area contributed by atoms with Crippen molar-refractivity contribution in [2.24, 2.45) is 0 Å². The van der Waals surface area contributed by atoms with Crippen molar-refractivity contribution >= 4 is 5.91 Å². The molecule has 0 bridgehead atoms. The largest absolute Gasteiger partial charge is 0.496 e. The van der Waals surface area contributed by atoms with Crippen LogP contribution in [0.15, 0.2) is 12.1 Å². The number of ether oxygens (including phenoxy) is 3. The Morgan fingerprint density at radius 3 is 1.81 bits per heavy atom. The maximum Gasteiger partial charge on any atom is 0.257 e. The molecule has 118 valence electrons. The van der Waals surface area contributed by atoms with Crippen LogP contribution in [0.3, 0.4) is 0 Å². The Balaban J connectivity index is 3.22. The van der Waals surface area contributed by atoms with Crippen molar-refractivity contribution in [3.63, 3.8) is 0 Å². The van der Waals surface area contributed by atoms with E-state index in [-0.39, 0.29) is 5.91 Å². The van der Waals surface area contributed by atoms with E-state index in [9.17, 15) is 4.79 Å². The first kappa shape index (κ1) is 17.1. The van der Waals surface area contributed by atoms with Gasteiger partial charge in [-0.15, -0.1) is 0 Å². The van der Waals surface area contributed by atoms with E-state index in [1.54, 1.807) is 33.5 Å². The second-order valence-electron chi connectivity index (χ2n) is 4.70. The van der Waals surface area contributed by atoms with E-state index in [2.05, 4.69) is 13.8 Å². The molecule has 0 radical (unpaired) electrons. The lowest BCUT2D eigenvalue weighted by Gasteiger charge is -2.23. The van der Waals surface area contributed by atoms with Gasteiger partial charge in [0.2, 0.25) is 0 Å². The Bertz CT molecular complexity index is 468. The second kappa shape index (κ2) is 8.39. The quantitative estimate of drug-likeness (QED) is 0.740. The normalized spacial score (nSPS) is 10.1. The van der Waals surface area contributed by atoms with Crippen molar-refractivity contribution < 1.29 is 19.0 Å². The van der Waals surface area contributed by atoms with Crippen LogP contribution in [0.4, 0.5) is 0 Å². The minimum atomic E-state index is -0.0449. The third-order valence-corrected chi connectivity index (χ3v) is 3.21. The number of nitrogens with zero attached hydrogens (tertiary/aromatic N) is 1. The summed E-state index contributed by atoms with van der Waals surface area (Å²) in [5, 5.41) is 0. The van der Waals surface area contributed by atoms with Crippen LogP contribution in [0.1, 0.15) is 37.0 Å². The van der Waals surface area contributed by atoms with Gasteiger partial charge in [-0.25, -0.2) is 0 Å². The summed E-state index contributed by atoms with van der Waals surface area (Å²) < 4.78 is 15.8. The van der Waals surface area contributed by atoms with Crippen molar-refractivity contribution in [3.05, 3.63) is 17.7 Å². The molecule has 0 aliphatic rings. The number of hydrogen-bond acceptors (Lipinski definition) is 4. The topological polar surface area (TPSA) is 48.0 Å². The zero-order chi connectivity index (χ0) is 15.8. The molecule has 0 aliphatic heterocycles. The van der Waals surface area contributed by atoms with Crippen molar-refractivity contribution in [3.8, 4) is 17.2 Å². The van der Waals surface area contributed by atoms with Crippen molar-refractivity contribution in [2.45, 2.75) is 26.7 Å². The fraction of sp³-hybridized carbons (Fsp3) is 0.562. The summed E-state index contributed by atoms with van der Waals surface area (Å²) in [7, 11) is 4.65. The summed E-state index contributed by atoms with van der Waals surface area (Å²) in [4.78, 5) is 14.6. The summed E-state index contributed by atoms with van der Waals surface area (Å²) >= 11 is 0. The number of rotatable bonds is 8. The van der Waals surface area contributed by atoms with Crippen LogP contribution >= 0.6 is 0 Å². The van der Waals surface area contributed by atoms with E-state index in [0.29, 0.717) is 22.8 Å². The lowest BCUT2D eigenvalue weighted by atomic mass is 10.1. The van der Waals surface area contributed by atoms with Gasteiger partial charge in [-0.2, -0.15) is 0 Å². The molecule has 0 fully saturated rings. The van der Waals surface area contributed by atoms with Crippen LogP contribution in [0, 0.1) is 0 Å². The SMILES string of the molecule is CCCN(CCC)C(=O)c1cc(OC)c(OC)cc1OC. The molecule has 0 N–H and O–H groups in total. The van der Waals surface area contributed by atoms with E-state index in [1.165, 1.54) is 0 Å². The van der Waals surface area contributed by atoms with Crippen LogP contribution in [-0.4, -0.2) is 45.2 Å². The van der Waals surface area contributed by atoms with E-state index in [1.807, 2.05) is 4.90 Å². The third-order valence-electron chi connectivity index (χ3n) is 3.21.